The number of nitro groups is 1. The molecule has 0 radical (unpaired) electrons. The zero-order chi connectivity index (χ0) is 19.6. The number of anilines is 1. The van der Waals surface area contributed by atoms with E-state index in [1.165, 1.54) is 29.1 Å². The number of carbonyl (C=O) groups excluding carboxylic acids is 1. The fraction of sp³-hybridized carbons (Fsp3) is 0.111. The summed E-state index contributed by atoms with van der Waals surface area (Å²) in [5.74, 6) is 0.201. The van der Waals surface area contributed by atoms with Gasteiger partial charge < -0.3 is 10.1 Å². The molecular weight excluding hydrogens is 372 g/mol. The molecule has 0 fully saturated rings. The molecule has 0 unspecified atom stereocenters. The second-order valence-corrected chi connectivity index (χ2v) is 6.20. The number of nitrogens with zero attached hydrogens (tertiary/aromatic N) is 3. The van der Waals surface area contributed by atoms with E-state index in [-0.39, 0.29) is 27.8 Å². The van der Waals surface area contributed by atoms with Gasteiger partial charge in [-0.3, -0.25) is 19.6 Å². The molecule has 0 bridgehead atoms. The summed E-state index contributed by atoms with van der Waals surface area (Å²) in [6.45, 7) is 1.86. The van der Waals surface area contributed by atoms with Crippen LogP contribution in [0.5, 0.6) is 11.5 Å². The first-order chi connectivity index (χ1) is 12.8. The van der Waals surface area contributed by atoms with Crippen molar-refractivity contribution in [1.82, 2.24) is 9.78 Å². The molecule has 0 aliphatic carbocycles. The van der Waals surface area contributed by atoms with Crippen molar-refractivity contribution in [2.24, 2.45) is 7.05 Å². The van der Waals surface area contributed by atoms with Crippen molar-refractivity contribution in [2.75, 3.05) is 5.32 Å². The van der Waals surface area contributed by atoms with Crippen molar-refractivity contribution in [3.63, 3.8) is 0 Å². The monoisotopic (exact) mass is 386 g/mol. The number of benzene rings is 2. The first kappa shape index (κ1) is 18.4. The van der Waals surface area contributed by atoms with E-state index < -0.39 is 10.8 Å². The lowest BCUT2D eigenvalue weighted by Gasteiger charge is -2.10. The van der Waals surface area contributed by atoms with E-state index in [9.17, 15) is 14.9 Å². The number of amides is 1. The molecule has 1 aromatic heterocycles. The molecular formula is C18H15ClN4O4. The molecule has 1 amide bonds. The molecule has 2 aromatic carbocycles. The first-order valence-corrected chi connectivity index (χ1v) is 8.25. The average molecular weight is 387 g/mol. The summed E-state index contributed by atoms with van der Waals surface area (Å²) in [5.41, 5.74) is 0.866. The molecule has 8 nitrogen and oxygen atoms in total. The van der Waals surface area contributed by atoms with Crippen molar-refractivity contribution in [3.8, 4) is 11.5 Å². The minimum Gasteiger partial charge on any atom is -0.457 e. The van der Waals surface area contributed by atoms with Crippen LogP contribution in [0, 0.1) is 17.0 Å². The summed E-state index contributed by atoms with van der Waals surface area (Å²) in [4.78, 5) is 23.0. The van der Waals surface area contributed by atoms with Crippen LogP contribution >= 0.6 is 11.6 Å². The maximum Gasteiger partial charge on any atom is 0.277 e. The molecule has 1 heterocycles. The van der Waals surface area contributed by atoms with Gasteiger partial charge in [-0.15, -0.1) is 0 Å². The standard InChI is InChI=1S/C18H15ClN4O4/c1-11-5-3-4-6-16(11)27-14-8-12(7-13(9-14)23(25)26)20-18(24)17-15(19)10-22(2)21-17/h3-10H,1-2H3,(H,20,24). The number of hydrogen-bond acceptors (Lipinski definition) is 5. The molecule has 3 rings (SSSR count). The van der Waals surface area contributed by atoms with Crippen LogP contribution in [0.2, 0.25) is 5.02 Å². The van der Waals surface area contributed by atoms with Crippen molar-refractivity contribution >= 4 is 28.9 Å². The van der Waals surface area contributed by atoms with E-state index in [1.807, 2.05) is 19.1 Å². The SMILES string of the molecule is Cc1ccccc1Oc1cc(NC(=O)c2nn(C)cc2Cl)cc([N+](=O)[O-])c1. The van der Waals surface area contributed by atoms with Crippen molar-refractivity contribution < 1.29 is 14.5 Å². The Kier molecular flexibility index (Phi) is 5.09. The van der Waals surface area contributed by atoms with E-state index in [4.69, 9.17) is 16.3 Å². The van der Waals surface area contributed by atoms with Crippen LogP contribution in [0.3, 0.4) is 0 Å². The highest BCUT2D eigenvalue weighted by atomic mass is 35.5. The summed E-state index contributed by atoms with van der Waals surface area (Å²) in [5, 5.41) is 18.0. The van der Waals surface area contributed by atoms with Gasteiger partial charge in [-0.25, -0.2) is 0 Å². The third-order valence-corrected chi connectivity index (χ3v) is 3.96. The zero-order valence-corrected chi connectivity index (χ0v) is 15.2. The summed E-state index contributed by atoms with van der Waals surface area (Å²) in [6.07, 6.45) is 1.48. The molecule has 0 saturated heterocycles. The Labute approximate surface area is 159 Å². The third kappa shape index (κ3) is 4.24. The second kappa shape index (κ2) is 7.46. The van der Waals surface area contributed by atoms with Gasteiger partial charge in [0.25, 0.3) is 11.6 Å². The summed E-state index contributed by atoms with van der Waals surface area (Å²) < 4.78 is 7.15. The Balaban J connectivity index is 1.92. The van der Waals surface area contributed by atoms with Crippen molar-refractivity contribution in [1.29, 1.82) is 0 Å². The van der Waals surface area contributed by atoms with Gasteiger partial charge in [0, 0.05) is 25.4 Å². The highest BCUT2D eigenvalue weighted by Gasteiger charge is 2.18. The molecule has 0 aliphatic rings. The van der Waals surface area contributed by atoms with Gasteiger partial charge in [0.1, 0.15) is 11.5 Å². The van der Waals surface area contributed by atoms with Crippen LogP contribution in [0.1, 0.15) is 16.1 Å². The number of ether oxygens (including phenoxy) is 1. The van der Waals surface area contributed by atoms with Gasteiger partial charge in [-0.05, 0) is 18.6 Å². The number of aryl methyl sites for hydroxylation is 2. The predicted molar refractivity (Wildman–Crippen MR) is 101 cm³/mol. The smallest absolute Gasteiger partial charge is 0.277 e. The third-order valence-electron chi connectivity index (χ3n) is 3.68. The van der Waals surface area contributed by atoms with E-state index in [1.54, 1.807) is 19.2 Å². The second-order valence-electron chi connectivity index (χ2n) is 5.79. The van der Waals surface area contributed by atoms with E-state index in [2.05, 4.69) is 10.4 Å². The Bertz CT molecular complexity index is 1030. The number of rotatable bonds is 5. The van der Waals surface area contributed by atoms with Gasteiger partial charge in [0.2, 0.25) is 0 Å². The topological polar surface area (TPSA) is 99.3 Å². The zero-order valence-electron chi connectivity index (χ0n) is 14.5. The van der Waals surface area contributed by atoms with Crippen LogP contribution in [-0.4, -0.2) is 20.6 Å². The normalized spacial score (nSPS) is 10.5. The summed E-state index contributed by atoms with van der Waals surface area (Å²) >= 11 is 5.97. The Morgan fingerprint density at radius 2 is 2.04 bits per heavy atom. The van der Waals surface area contributed by atoms with Crippen molar-refractivity contribution in [3.05, 3.63) is 75.1 Å². The summed E-state index contributed by atoms with van der Waals surface area (Å²) in [6, 6.07) is 11.3. The highest BCUT2D eigenvalue weighted by Crippen LogP contribution is 2.31. The molecule has 0 aliphatic heterocycles. The van der Waals surface area contributed by atoms with Gasteiger partial charge >= 0.3 is 0 Å². The molecule has 3 aromatic rings. The van der Waals surface area contributed by atoms with Crippen LogP contribution in [0.15, 0.2) is 48.7 Å². The minimum atomic E-state index is -0.581. The van der Waals surface area contributed by atoms with Gasteiger partial charge in [-0.2, -0.15) is 5.10 Å². The lowest BCUT2D eigenvalue weighted by Crippen LogP contribution is -2.13. The van der Waals surface area contributed by atoms with E-state index in [0.717, 1.165) is 5.56 Å². The number of aromatic nitrogens is 2. The molecule has 1 N–H and O–H groups in total. The van der Waals surface area contributed by atoms with Gasteiger partial charge in [-0.1, -0.05) is 29.8 Å². The van der Waals surface area contributed by atoms with E-state index in [0.29, 0.717) is 5.75 Å². The van der Waals surface area contributed by atoms with Gasteiger partial charge in [0.05, 0.1) is 21.7 Å². The Morgan fingerprint density at radius 1 is 1.30 bits per heavy atom. The predicted octanol–water partition coefficient (Wildman–Crippen LogP) is 4.33. The molecule has 0 atom stereocenters. The number of para-hydroxylation sites is 1. The van der Waals surface area contributed by atoms with Crippen LogP contribution in [0.25, 0.3) is 0 Å². The van der Waals surface area contributed by atoms with Gasteiger partial charge in [0.15, 0.2) is 5.69 Å². The van der Waals surface area contributed by atoms with Crippen LogP contribution in [-0.2, 0) is 7.05 Å². The Hall–Kier alpha value is -3.39. The van der Waals surface area contributed by atoms with E-state index >= 15 is 0 Å². The Morgan fingerprint density at radius 3 is 2.67 bits per heavy atom. The van der Waals surface area contributed by atoms with Crippen LogP contribution < -0.4 is 10.1 Å². The average Bonchev–Trinajstić information content (AvgIpc) is 2.95. The lowest BCUT2D eigenvalue weighted by molar-refractivity contribution is -0.384. The molecule has 27 heavy (non-hydrogen) atoms. The molecule has 138 valence electrons. The number of non-ortho nitro benzene ring substituents is 1. The maximum absolute atomic E-state index is 12.4. The number of hydrogen-bond donors (Lipinski definition) is 1. The minimum absolute atomic E-state index is 0.0204. The molecule has 0 spiro atoms. The molecule has 9 heteroatoms. The highest BCUT2D eigenvalue weighted by molar-refractivity contribution is 6.34. The maximum atomic E-state index is 12.4. The summed E-state index contributed by atoms with van der Waals surface area (Å²) in [7, 11) is 1.63. The fourth-order valence-electron chi connectivity index (χ4n) is 2.42. The lowest BCUT2D eigenvalue weighted by atomic mass is 10.2. The number of nitrogens with one attached hydrogen (secondary N) is 1. The largest absolute Gasteiger partial charge is 0.457 e. The number of nitro benzene ring substituents is 1. The number of carbonyl (C=O) groups is 1. The van der Waals surface area contributed by atoms with Crippen molar-refractivity contribution in [2.45, 2.75) is 6.92 Å². The van der Waals surface area contributed by atoms with Crippen LogP contribution in [0.4, 0.5) is 11.4 Å². The fourth-order valence-corrected chi connectivity index (χ4v) is 2.69. The first-order valence-electron chi connectivity index (χ1n) is 7.87. The quantitative estimate of drug-likeness (QED) is 0.519. The number of halogens is 1. The molecule has 0 saturated carbocycles.